The first-order valence-corrected chi connectivity index (χ1v) is 7.96. The molecule has 4 nitrogen and oxygen atoms in total. The van der Waals surface area contributed by atoms with Crippen molar-refractivity contribution >= 4 is 0 Å². The summed E-state index contributed by atoms with van der Waals surface area (Å²) in [4.78, 5) is 4.71. The lowest BCUT2D eigenvalue weighted by Crippen LogP contribution is -2.24. The largest absolute Gasteiger partial charge is 0.334 e. The van der Waals surface area contributed by atoms with E-state index < -0.39 is 0 Å². The van der Waals surface area contributed by atoms with Gasteiger partial charge in [-0.2, -0.15) is 4.98 Å². The molecule has 1 N–H and O–H groups in total. The molecule has 2 unspecified atom stereocenters. The Morgan fingerprint density at radius 3 is 3.10 bits per heavy atom. The summed E-state index contributed by atoms with van der Waals surface area (Å²) in [7, 11) is 0. The lowest BCUT2D eigenvalue weighted by atomic mass is 9.95. The van der Waals surface area contributed by atoms with Gasteiger partial charge in [-0.15, -0.1) is 0 Å². The predicted octanol–water partition coefficient (Wildman–Crippen LogP) is 3.29. The molecule has 0 bridgehead atoms. The molecular weight excluding hydrogens is 262 g/mol. The van der Waals surface area contributed by atoms with Gasteiger partial charge in [-0.1, -0.05) is 24.2 Å². The zero-order valence-electron chi connectivity index (χ0n) is 12.4. The molecule has 2 aromatic rings. The molecular formula is C17H21N3O. The van der Waals surface area contributed by atoms with Crippen LogP contribution in [0.4, 0.5) is 0 Å². The van der Waals surface area contributed by atoms with Crippen molar-refractivity contribution in [1.82, 2.24) is 15.5 Å². The van der Waals surface area contributed by atoms with Gasteiger partial charge in [-0.05, 0) is 55.3 Å². The molecule has 1 aromatic heterocycles. The predicted molar refractivity (Wildman–Crippen MR) is 80.9 cm³/mol. The van der Waals surface area contributed by atoms with E-state index in [-0.39, 0.29) is 0 Å². The molecule has 0 radical (unpaired) electrons. The maximum absolute atomic E-state index is 5.58. The van der Waals surface area contributed by atoms with Gasteiger partial charge < -0.3 is 9.84 Å². The Balaban J connectivity index is 1.67. The van der Waals surface area contributed by atoms with Crippen molar-refractivity contribution in [2.45, 2.75) is 45.1 Å². The Kier molecular flexibility index (Phi) is 3.26. The number of nitrogens with one attached hydrogen (secondary N) is 1. The molecule has 21 heavy (non-hydrogen) atoms. The second-order valence-corrected chi connectivity index (χ2v) is 6.44. The van der Waals surface area contributed by atoms with Crippen LogP contribution in [0.5, 0.6) is 0 Å². The second kappa shape index (κ2) is 5.26. The second-order valence-electron chi connectivity index (χ2n) is 6.44. The van der Waals surface area contributed by atoms with Crippen LogP contribution in [-0.2, 0) is 13.0 Å². The maximum atomic E-state index is 5.58. The summed E-state index contributed by atoms with van der Waals surface area (Å²) in [5.41, 5.74) is 3.85. The van der Waals surface area contributed by atoms with Crippen molar-refractivity contribution in [2.24, 2.45) is 5.92 Å². The van der Waals surface area contributed by atoms with Crippen LogP contribution in [0, 0.1) is 5.92 Å². The smallest absolute Gasteiger partial charge is 0.258 e. The molecule has 1 fully saturated rings. The third-order valence-electron chi connectivity index (χ3n) is 4.87. The van der Waals surface area contributed by atoms with Gasteiger partial charge in [0.05, 0.1) is 0 Å². The molecule has 0 amide bonds. The monoisotopic (exact) mass is 283 g/mol. The van der Waals surface area contributed by atoms with Crippen LogP contribution >= 0.6 is 0 Å². The van der Waals surface area contributed by atoms with E-state index in [1.165, 1.54) is 30.4 Å². The van der Waals surface area contributed by atoms with Crippen molar-refractivity contribution in [2.75, 3.05) is 6.54 Å². The van der Waals surface area contributed by atoms with Crippen LogP contribution in [0.2, 0.25) is 0 Å². The van der Waals surface area contributed by atoms with Gasteiger partial charge in [0.2, 0.25) is 0 Å². The van der Waals surface area contributed by atoms with Gasteiger partial charge in [0.25, 0.3) is 5.89 Å². The van der Waals surface area contributed by atoms with Crippen molar-refractivity contribution in [3.63, 3.8) is 0 Å². The Hall–Kier alpha value is -1.68. The highest BCUT2D eigenvalue weighted by atomic mass is 16.5. The van der Waals surface area contributed by atoms with Gasteiger partial charge in [-0.3, -0.25) is 0 Å². The number of rotatable bonds is 2. The van der Waals surface area contributed by atoms with E-state index in [1.54, 1.807) is 0 Å². The number of hydrogen-bond acceptors (Lipinski definition) is 4. The highest BCUT2D eigenvalue weighted by molar-refractivity contribution is 5.61. The Morgan fingerprint density at radius 1 is 1.29 bits per heavy atom. The molecule has 110 valence electrons. The lowest BCUT2D eigenvalue weighted by molar-refractivity contribution is 0.414. The van der Waals surface area contributed by atoms with Crippen LogP contribution in [-0.4, -0.2) is 16.7 Å². The van der Waals surface area contributed by atoms with Crippen molar-refractivity contribution in [3.05, 3.63) is 35.2 Å². The first-order chi connectivity index (χ1) is 10.3. The fraction of sp³-hybridized carbons (Fsp3) is 0.529. The highest BCUT2D eigenvalue weighted by Crippen LogP contribution is 2.37. The first-order valence-electron chi connectivity index (χ1n) is 7.96. The minimum atomic E-state index is 0.485. The summed E-state index contributed by atoms with van der Waals surface area (Å²) in [5, 5.41) is 7.66. The molecule has 1 aliphatic heterocycles. The quantitative estimate of drug-likeness (QED) is 0.919. The Labute approximate surface area is 124 Å². The molecule has 2 aliphatic rings. The molecule has 1 aromatic carbocycles. The standard InChI is InChI=1S/C17H21N3O/c1-11-5-6-12(9-11)16-19-17(21-20-16)15-4-2-3-13-10-18-8-7-14(13)15/h2-4,11-12,18H,5-10H2,1H3. The molecule has 1 saturated carbocycles. The molecule has 4 rings (SSSR count). The van der Waals surface area contributed by atoms with Gasteiger partial charge in [0.15, 0.2) is 5.82 Å². The fourth-order valence-electron chi connectivity index (χ4n) is 3.68. The van der Waals surface area contributed by atoms with Crippen LogP contribution in [0.1, 0.15) is 49.1 Å². The number of benzene rings is 1. The van der Waals surface area contributed by atoms with Gasteiger partial charge in [-0.25, -0.2) is 0 Å². The van der Waals surface area contributed by atoms with Crippen LogP contribution in [0.15, 0.2) is 22.7 Å². The normalized spacial score (nSPS) is 25.0. The summed E-state index contributed by atoms with van der Waals surface area (Å²) in [6, 6.07) is 6.38. The van der Waals surface area contributed by atoms with Gasteiger partial charge in [0, 0.05) is 18.0 Å². The van der Waals surface area contributed by atoms with E-state index in [2.05, 4.69) is 35.6 Å². The average Bonchev–Trinajstić information content (AvgIpc) is 3.15. The topological polar surface area (TPSA) is 51.0 Å². The summed E-state index contributed by atoms with van der Waals surface area (Å²) in [6.07, 6.45) is 4.69. The lowest BCUT2D eigenvalue weighted by Gasteiger charge is -2.18. The van der Waals surface area contributed by atoms with E-state index in [1.807, 2.05) is 0 Å². The molecule has 2 atom stereocenters. The molecule has 0 spiro atoms. The van der Waals surface area contributed by atoms with Crippen molar-refractivity contribution < 1.29 is 4.52 Å². The Bertz CT molecular complexity index is 649. The zero-order chi connectivity index (χ0) is 14.2. The number of fused-ring (bicyclic) bond motifs is 1. The van der Waals surface area contributed by atoms with Crippen LogP contribution < -0.4 is 5.32 Å². The third-order valence-corrected chi connectivity index (χ3v) is 4.87. The zero-order valence-corrected chi connectivity index (χ0v) is 12.4. The van der Waals surface area contributed by atoms with E-state index in [0.717, 1.165) is 36.8 Å². The van der Waals surface area contributed by atoms with Gasteiger partial charge >= 0.3 is 0 Å². The summed E-state index contributed by atoms with van der Waals surface area (Å²) in [5.74, 6) is 2.87. The van der Waals surface area contributed by atoms with E-state index in [0.29, 0.717) is 11.8 Å². The first kappa shape index (κ1) is 13.0. The molecule has 4 heteroatoms. The number of hydrogen-bond donors (Lipinski definition) is 1. The third kappa shape index (κ3) is 2.38. The molecule has 0 saturated heterocycles. The van der Waals surface area contributed by atoms with E-state index in [4.69, 9.17) is 9.51 Å². The number of aromatic nitrogens is 2. The number of nitrogens with zero attached hydrogens (tertiary/aromatic N) is 2. The van der Waals surface area contributed by atoms with Crippen molar-refractivity contribution in [3.8, 4) is 11.5 Å². The van der Waals surface area contributed by atoms with Crippen molar-refractivity contribution in [1.29, 1.82) is 0 Å². The highest BCUT2D eigenvalue weighted by Gasteiger charge is 2.27. The maximum Gasteiger partial charge on any atom is 0.258 e. The van der Waals surface area contributed by atoms with Crippen LogP contribution in [0.3, 0.4) is 0 Å². The molecule has 1 aliphatic carbocycles. The van der Waals surface area contributed by atoms with E-state index in [9.17, 15) is 0 Å². The SMILES string of the molecule is CC1CCC(c2noc(-c3cccc4c3CCNC4)n2)C1. The average molecular weight is 283 g/mol. The minimum absolute atomic E-state index is 0.485. The van der Waals surface area contributed by atoms with E-state index >= 15 is 0 Å². The van der Waals surface area contributed by atoms with Crippen LogP contribution in [0.25, 0.3) is 11.5 Å². The van der Waals surface area contributed by atoms with Gasteiger partial charge in [0.1, 0.15) is 0 Å². The Morgan fingerprint density at radius 2 is 2.24 bits per heavy atom. The molecule has 2 heterocycles. The summed E-state index contributed by atoms with van der Waals surface area (Å²) >= 11 is 0. The minimum Gasteiger partial charge on any atom is -0.334 e. The summed E-state index contributed by atoms with van der Waals surface area (Å²) < 4.78 is 5.58. The fourth-order valence-corrected chi connectivity index (χ4v) is 3.68. The summed E-state index contributed by atoms with van der Waals surface area (Å²) in [6.45, 7) is 4.26.